The van der Waals surface area contributed by atoms with Crippen molar-refractivity contribution in [2.75, 3.05) is 5.32 Å². The number of amides is 1. The summed E-state index contributed by atoms with van der Waals surface area (Å²) in [7, 11) is 0. The molecule has 0 heterocycles. The van der Waals surface area contributed by atoms with Gasteiger partial charge in [0.2, 0.25) is 0 Å². The molecule has 1 aromatic rings. The second-order valence-electron chi connectivity index (χ2n) is 4.83. The minimum absolute atomic E-state index is 0. The third-order valence-corrected chi connectivity index (χ3v) is 3.30. The maximum absolute atomic E-state index is 11.7. The van der Waals surface area contributed by atoms with Crippen molar-refractivity contribution in [1.82, 2.24) is 0 Å². The number of phenols is 1. The second kappa shape index (κ2) is 8.70. The van der Waals surface area contributed by atoms with E-state index in [1.54, 1.807) is 0 Å². The van der Waals surface area contributed by atoms with Crippen LogP contribution in [0.5, 0.6) is 5.75 Å². The molecule has 0 bridgehead atoms. The molecule has 1 aromatic carbocycles. The number of ether oxygens (including phenoxy) is 1. The SMILES string of the molecule is O=C(Nc1ccc(O)c(C(=O)O)c1)OC1CCCCC1.[BaH2]. The van der Waals surface area contributed by atoms with E-state index in [2.05, 4.69) is 5.32 Å². The van der Waals surface area contributed by atoms with E-state index in [4.69, 9.17) is 9.84 Å². The summed E-state index contributed by atoms with van der Waals surface area (Å²) in [6, 6.07) is 3.84. The molecule has 0 radical (unpaired) electrons. The number of hydrogen-bond acceptors (Lipinski definition) is 4. The Morgan fingerprint density at radius 3 is 2.48 bits per heavy atom. The fraction of sp³-hybridized carbons (Fsp3) is 0.429. The van der Waals surface area contributed by atoms with E-state index in [-0.39, 0.29) is 72.0 Å². The number of carboxylic acids is 1. The summed E-state index contributed by atoms with van der Waals surface area (Å²) in [6.45, 7) is 0. The predicted octanol–water partition coefficient (Wildman–Crippen LogP) is 2.06. The number of hydrogen-bond donors (Lipinski definition) is 3. The van der Waals surface area contributed by atoms with Crippen LogP contribution >= 0.6 is 0 Å². The van der Waals surface area contributed by atoms with E-state index in [0.29, 0.717) is 0 Å². The fourth-order valence-electron chi connectivity index (χ4n) is 2.27. The normalized spacial score (nSPS) is 14.9. The Morgan fingerprint density at radius 2 is 1.86 bits per heavy atom. The Hall–Kier alpha value is -0.669. The first-order valence-electron chi connectivity index (χ1n) is 6.60. The molecule has 0 aromatic heterocycles. The average molecular weight is 419 g/mol. The number of carboxylic acid groups (broad SMARTS) is 1. The van der Waals surface area contributed by atoms with E-state index in [0.717, 1.165) is 25.7 Å². The molecule has 0 aliphatic heterocycles. The standard InChI is InChI=1S/C14H17NO5.Ba.2H/c16-12-7-6-9(8-11(12)13(17)18)15-14(19)20-10-4-2-1-3-5-10;;;/h6-8,10,16H,1-5H2,(H,15,19)(H,17,18);;;. The topological polar surface area (TPSA) is 95.9 Å². The van der Waals surface area contributed by atoms with Crippen LogP contribution in [0.4, 0.5) is 10.5 Å². The number of aromatic hydroxyl groups is 1. The number of carbonyl (C=O) groups is 2. The number of aromatic carboxylic acids is 1. The number of rotatable bonds is 3. The van der Waals surface area contributed by atoms with Crippen molar-refractivity contribution in [3.05, 3.63) is 23.8 Å². The summed E-state index contributed by atoms with van der Waals surface area (Å²) < 4.78 is 5.27. The molecular formula is C14H19BaNO5. The Kier molecular flexibility index (Phi) is 7.61. The third kappa shape index (κ3) is 5.55. The Bertz CT molecular complexity index is 514. The summed E-state index contributed by atoms with van der Waals surface area (Å²) in [5, 5.41) is 20.7. The van der Waals surface area contributed by atoms with E-state index in [1.165, 1.54) is 24.6 Å². The van der Waals surface area contributed by atoms with Gasteiger partial charge in [-0.05, 0) is 43.9 Å². The molecule has 112 valence electrons. The molecule has 1 aliphatic carbocycles. The maximum atomic E-state index is 11.7. The Labute approximate surface area is 162 Å². The molecule has 3 N–H and O–H groups in total. The van der Waals surface area contributed by atoms with Gasteiger partial charge in [0.25, 0.3) is 0 Å². The molecule has 6 nitrogen and oxygen atoms in total. The van der Waals surface area contributed by atoms with Gasteiger partial charge in [-0.1, -0.05) is 6.42 Å². The first-order chi connectivity index (χ1) is 9.56. The zero-order valence-electron chi connectivity index (χ0n) is 11.0. The van der Waals surface area contributed by atoms with Gasteiger partial charge in [-0.2, -0.15) is 0 Å². The minimum atomic E-state index is -1.26. The van der Waals surface area contributed by atoms with Crippen molar-refractivity contribution in [2.24, 2.45) is 0 Å². The van der Waals surface area contributed by atoms with Crippen molar-refractivity contribution >= 4 is 66.6 Å². The molecule has 0 unspecified atom stereocenters. The summed E-state index contributed by atoms with van der Waals surface area (Å²) in [6.07, 6.45) is 4.34. The molecular weight excluding hydrogens is 399 g/mol. The summed E-state index contributed by atoms with van der Waals surface area (Å²) in [4.78, 5) is 22.6. The average Bonchev–Trinajstić information content (AvgIpc) is 2.41. The summed E-state index contributed by atoms with van der Waals surface area (Å²) in [5.74, 6) is -1.60. The Morgan fingerprint density at radius 1 is 1.19 bits per heavy atom. The number of nitrogens with one attached hydrogen (secondary N) is 1. The van der Waals surface area contributed by atoms with Crippen molar-refractivity contribution in [1.29, 1.82) is 0 Å². The van der Waals surface area contributed by atoms with Gasteiger partial charge in [-0.3, -0.25) is 5.32 Å². The summed E-state index contributed by atoms with van der Waals surface area (Å²) >= 11 is 0. The molecule has 1 fully saturated rings. The molecule has 2 rings (SSSR count). The van der Waals surface area contributed by atoms with Crippen molar-refractivity contribution in [3.8, 4) is 5.75 Å². The van der Waals surface area contributed by atoms with Crippen LogP contribution in [0.1, 0.15) is 42.5 Å². The van der Waals surface area contributed by atoms with E-state index >= 15 is 0 Å². The zero-order chi connectivity index (χ0) is 14.5. The van der Waals surface area contributed by atoms with Crippen LogP contribution in [-0.4, -0.2) is 77.3 Å². The molecule has 21 heavy (non-hydrogen) atoms. The van der Waals surface area contributed by atoms with Gasteiger partial charge in [-0.15, -0.1) is 0 Å². The number of benzene rings is 1. The van der Waals surface area contributed by atoms with Gasteiger partial charge in [0.05, 0.1) is 0 Å². The molecule has 1 aliphatic rings. The van der Waals surface area contributed by atoms with Crippen molar-refractivity contribution < 1.29 is 24.5 Å². The Balaban J connectivity index is 0.00000220. The van der Waals surface area contributed by atoms with Crippen LogP contribution in [0.15, 0.2) is 18.2 Å². The first-order valence-corrected chi connectivity index (χ1v) is 6.60. The molecule has 0 atom stereocenters. The van der Waals surface area contributed by atoms with Crippen LogP contribution in [0.3, 0.4) is 0 Å². The van der Waals surface area contributed by atoms with Gasteiger partial charge >= 0.3 is 60.9 Å². The van der Waals surface area contributed by atoms with Crippen molar-refractivity contribution in [2.45, 2.75) is 38.2 Å². The molecule has 1 saturated carbocycles. The zero-order valence-corrected chi connectivity index (χ0v) is 11.0. The van der Waals surface area contributed by atoms with Gasteiger partial charge < -0.3 is 14.9 Å². The quantitative estimate of drug-likeness (QED) is 0.516. The molecule has 0 spiro atoms. The van der Waals surface area contributed by atoms with Crippen LogP contribution in [0, 0.1) is 0 Å². The fourth-order valence-corrected chi connectivity index (χ4v) is 2.27. The van der Waals surface area contributed by atoms with Gasteiger partial charge in [0.15, 0.2) is 0 Å². The van der Waals surface area contributed by atoms with Gasteiger partial charge in [-0.25, -0.2) is 9.59 Å². The molecule has 0 saturated heterocycles. The second-order valence-corrected chi connectivity index (χ2v) is 4.83. The van der Waals surface area contributed by atoms with Crippen molar-refractivity contribution in [3.63, 3.8) is 0 Å². The predicted molar refractivity (Wildman–Crippen MR) is 80.6 cm³/mol. The van der Waals surface area contributed by atoms with E-state index < -0.39 is 12.1 Å². The molecule has 7 heteroatoms. The third-order valence-electron chi connectivity index (χ3n) is 3.30. The van der Waals surface area contributed by atoms with Crippen LogP contribution < -0.4 is 5.32 Å². The number of anilines is 1. The number of carbonyl (C=O) groups excluding carboxylic acids is 1. The monoisotopic (exact) mass is 419 g/mol. The van der Waals surface area contributed by atoms with Crippen LogP contribution in [0.25, 0.3) is 0 Å². The molecule has 1 amide bonds. The van der Waals surface area contributed by atoms with E-state index in [9.17, 15) is 14.7 Å². The van der Waals surface area contributed by atoms with E-state index in [1.807, 2.05) is 0 Å². The van der Waals surface area contributed by atoms with Crippen LogP contribution in [0.2, 0.25) is 0 Å². The van der Waals surface area contributed by atoms with Gasteiger partial charge in [0, 0.05) is 5.69 Å². The van der Waals surface area contributed by atoms with Crippen LogP contribution in [-0.2, 0) is 4.74 Å². The summed E-state index contributed by atoms with van der Waals surface area (Å²) in [5.41, 5.74) is 0.0153. The van der Waals surface area contributed by atoms with Gasteiger partial charge in [0.1, 0.15) is 17.4 Å². The first kappa shape index (κ1) is 18.4.